The maximum Gasteiger partial charge on any atom is 0.0614 e. The number of likely N-dealkylation sites (N-methyl/N-ethyl adjacent to an activating group) is 1. The van der Waals surface area contributed by atoms with E-state index in [0.29, 0.717) is 12.0 Å². The Morgan fingerprint density at radius 2 is 1.94 bits per heavy atom. The van der Waals surface area contributed by atoms with Crippen molar-refractivity contribution >= 4 is 21.6 Å². The van der Waals surface area contributed by atoms with Gasteiger partial charge in [0.2, 0.25) is 0 Å². The van der Waals surface area contributed by atoms with Crippen molar-refractivity contribution in [1.82, 2.24) is 0 Å². The zero-order chi connectivity index (χ0) is 12.3. The average Bonchev–Trinajstić information content (AvgIpc) is 2.87. The lowest BCUT2D eigenvalue weighted by molar-refractivity contribution is 0.618. The molecule has 2 unspecified atom stereocenters. The highest BCUT2D eigenvalue weighted by Gasteiger charge is 2.42. The molecule has 2 heteroatoms. The third kappa shape index (κ3) is 1.27. The second kappa shape index (κ2) is 3.61. The van der Waals surface area contributed by atoms with Gasteiger partial charge in [0.15, 0.2) is 0 Å². The van der Waals surface area contributed by atoms with Gasteiger partial charge in [0.1, 0.15) is 0 Å². The average molecular weight is 300 g/mol. The van der Waals surface area contributed by atoms with E-state index in [4.69, 9.17) is 0 Å². The van der Waals surface area contributed by atoms with Crippen molar-refractivity contribution in [1.29, 1.82) is 0 Å². The molecule has 0 aromatic heterocycles. The number of halogens is 1. The summed E-state index contributed by atoms with van der Waals surface area (Å²) in [4.78, 5) is 2.44. The molecule has 0 saturated carbocycles. The van der Waals surface area contributed by atoms with E-state index in [1.54, 1.807) is 0 Å². The number of hydrogen-bond acceptors (Lipinski definition) is 1. The molecule has 1 nitrogen and oxygen atoms in total. The molecular formula is C16H14BrN. The Labute approximate surface area is 116 Å². The smallest absolute Gasteiger partial charge is 0.0614 e. The molecule has 1 aliphatic heterocycles. The van der Waals surface area contributed by atoms with Crippen LogP contribution in [0.15, 0.2) is 46.9 Å². The van der Waals surface area contributed by atoms with Crippen molar-refractivity contribution < 1.29 is 0 Å². The summed E-state index contributed by atoms with van der Waals surface area (Å²) < 4.78 is 1.19. The van der Waals surface area contributed by atoms with Crippen molar-refractivity contribution in [2.75, 3.05) is 11.9 Å². The molecule has 0 fully saturated rings. The second-order valence-electron chi connectivity index (χ2n) is 5.27. The molecular weight excluding hydrogens is 286 g/mol. The molecule has 0 saturated heterocycles. The molecule has 18 heavy (non-hydrogen) atoms. The van der Waals surface area contributed by atoms with Crippen molar-refractivity contribution in [3.05, 3.63) is 63.6 Å². The van der Waals surface area contributed by atoms with Crippen LogP contribution in [0.2, 0.25) is 0 Å². The normalized spacial score (nSPS) is 23.8. The van der Waals surface area contributed by atoms with E-state index >= 15 is 0 Å². The summed E-state index contributed by atoms with van der Waals surface area (Å²) in [6, 6.07) is 16.1. The van der Waals surface area contributed by atoms with Gasteiger partial charge in [-0.15, -0.1) is 0 Å². The highest BCUT2D eigenvalue weighted by atomic mass is 79.9. The van der Waals surface area contributed by atoms with E-state index in [1.807, 2.05) is 0 Å². The molecule has 0 radical (unpaired) electrons. The molecule has 2 aromatic rings. The summed E-state index contributed by atoms with van der Waals surface area (Å²) in [6.45, 7) is 0. The lowest BCUT2D eigenvalue weighted by Gasteiger charge is -2.22. The lowest BCUT2D eigenvalue weighted by atomic mass is 9.96. The fourth-order valence-corrected chi connectivity index (χ4v) is 4.00. The molecule has 0 spiro atoms. The van der Waals surface area contributed by atoms with E-state index < -0.39 is 0 Å². The fourth-order valence-electron chi connectivity index (χ4n) is 3.63. The topological polar surface area (TPSA) is 3.24 Å². The Kier molecular flexibility index (Phi) is 2.13. The van der Waals surface area contributed by atoms with Crippen molar-refractivity contribution in [2.24, 2.45) is 0 Å². The summed E-state index contributed by atoms with van der Waals surface area (Å²) >= 11 is 3.60. The van der Waals surface area contributed by atoms with Gasteiger partial charge in [-0.05, 0) is 41.3 Å². The summed E-state index contributed by atoms with van der Waals surface area (Å²) in [6.07, 6.45) is 1.18. The molecule has 2 aliphatic rings. The molecule has 1 aliphatic carbocycles. The van der Waals surface area contributed by atoms with Crippen LogP contribution in [-0.2, 0) is 6.42 Å². The minimum Gasteiger partial charge on any atom is -0.367 e. The zero-order valence-electron chi connectivity index (χ0n) is 10.2. The van der Waals surface area contributed by atoms with Gasteiger partial charge >= 0.3 is 0 Å². The van der Waals surface area contributed by atoms with Crippen LogP contribution in [-0.4, -0.2) is 7.05 Å². The third-order valence-corrected chi connectivity index (χ3v) is 4.87. The van der Waals surface area contributed by atoms with Gasteiger partial charge in [0.25, 0.3) is 0 Å². The number of fused-ring (bicyclic) bond motifs is 5. The number of rotatable bonds is 0. The van der Waals surface area contributed by atoms with Crippen LogP contribution in [0.4, 0.5) is 5.69 Å². The molecule has 1 heterocycles. The first-order chi connectivity index (χ1) is 8.75. The van der Waals surface area contributed by atoms with E-state index in [9.17, 15) is 0 Å². The van der Waals surface area contributed by atoms with Crippen LogP contribution in [0.1, 0.15) is 28.7 Å². The molecule has 90 valence electrons. The summed E-state index contributed by atoms with van der Waals surface area (Å²) in [5.41, 5.74) is 5.91. The van der Waals surface area contributed by atoms with Gasteiger partial charge in [0.05, 0.1) is 6.04 Å². The Bertz CT molecular complexity index is 635. The summed E-state index contributed by atoms with van der Waals surface area (Å²) in [5.74, 6) is 0.625. The minimum atomic E-state index is 0.533. The first-order valence-corrected chi connectivity index (χ1v) is 7.15. The molecule has 4 rings (SSSR count). The van der Waals surface area contributed by atoms with E-state index in [-0.39, 0.29) is 0 Å². The first-order valence-electron chi connectivity index (χ1n) is 6.36. The summed E-state index contributed by atoms with van der Waals surface area (Å²) in [7, 11) is 2.22. The van der Waals surface area contributed by atoms with Crippen LogP contribution < -0.4 is 4.90 Å². The maximum atomic E-state index is 3.60. The van der Waals surface area contributed by atoms with Gasteiger partial charge in [-0.2, -0.15) is 0 Å². The number of hydrogen-bond donors (Lipinski definition) is 0. The van der Waals surface area contributed by atoms with E-state index in [0.717, 1.165) is 0 Å². The Balaban J connectivity index is 1.90. The third-order valence-electron chi connectivity index (χ3n) is 4.38. The first kappa shape index (κ1) is 10.6. The quantitative estimate of drug-likeness (QED) is 0.702. The van der Waals surface area contributed by atoms with Crippen LogP contribution in [0.3, 0.4) is 0 Å². The highest BCUT2D eigenvalue weighted by Crippen LogP contribution is 2.54. The van der Waals surface area contributed by atoms with Crippen LogP contribution in [0.25, 0.3) is 0 Å². The standard InChI is InChI=1S/C16H14BrN/c1-18-15-7-6-11(17)9-13(15)14-8-10-4-2-3-5-12(10)16(14)18/h2-7,9,14,16H,8H2,1H3. The largest absolute Gasteiger partial charge is 0.367 e. The van der Waals surface area contributed by atoms with Crippen LogP contribution >= 0.6 is 15.9 Å². The molecule has 0 N–H and O–H groups in total. The Hall–Kier alpha value is -1.28. The Morgan fingerprint density at radius 3 is 2.83 bits per heavy atom. The predicted octanol–water partition coefficient (Wildman–Crippen LogP) is 4.28. The van der Waals surface area contributed by atoms with Crippen LogP contribution in [0, 0.1) is 0 Å². The number of benzene rings is 2. The molecule has 0 amide bonds. The molecule has 0 bridgehead atoms. The van der Waals surface area contributed by atoms with Gasteiger partial charge < -0.3 is 4.90 Å². The monoisotopic (exact) mass is 299 g/mol. The second-order valence-corrected chi connectivity index (χ2v) is 6.18. The van der Waals surface area contributed by atoms with Crippen molar-refractivity contribution in [3.63, 3.8) is 0 Å². The lowest BCUT2D eigenvalue weighted by Crippen LogP contribution is -2.19. The fraction of sp³-hybridized carbons (Fsp3) is 0.250. The van der Waals surface area contributed by atoms with E-state index in [2.05, 4.69) is 70.3 Å². The molecule has 2 aromatic carbocycles. The van der Waals surface area contributed by atoms with Crippen LogP contribution in [0.5, 0.6) is 0 Å². The van der Waals surface area contributed by atoms with E-state index in [1.165, 1.54) is 33.3 Å². The maximum absolute atomic E-state index is 3.60. The number of anilines is 1. The van der Waals surface area contributed by atoms with Gasteiger partial charge in [-0.3, -0.25) is 0 Å². The van der Waals surface area contributed by atoms with Crippen molar-refractivity contribution in [3.8, 4) is 0 Å². The van der Waals surface area contributed by atoms with Crippen molar-refractivity contribution in [2.45, 2.75) is 18.4 Å². The zero-order valence-corrected chi connectivity index (χ0v) is 11.8. The highest BCUT2D eigenvalue weighted by molar-refractivity contribution is 9.10. The van der Waals surface area contributed by atoms with Gasteiger partial charge in [-0.25, -0.2) is 0 Å². The van der Waals surface area contributed by atoms with Gasteiger partial charge in [0, 0.05) is 23.1 Å². The summed E-state index contributed by atoms with van der Waals surface area (Å²) in [5, 5.41) is 0. The minimum absolute atomic E-state index is 0.533. The molecule has 2 atom stereocenters. The SMILES string of the molecule is CN1c2ccc(Br)cc2C2Cc3ccccc3C21. The number of nitrogens with zero attached hydrogens (tertiary/aromatic N) is 1. The van der Waals surface area contributed by atoms with Gasteiger partial charge in [-0.1, -0.05) is 40.2 Å². The Morgan fingerprint density at radius 1 is 1.11 bits per heavy atom. The predicted molar refractivity (Wildman–Crippen MR) is 78.2 cm³/mol.